The van der Waals surface area contributed by atoms with E-state index in [9.17, 15) is 4.79 Å². The molecule has 1 aromatic heterocycles. The Morgan fingerprint density at radius 2 is 2.11 bits per heavy atom. The number of nitrogens with two attached hydrogens (primary N) is 1. The molecule has 0 aliphatic heterocycles. The second-order valence-corrected chi connectivity index (χ2v) is 4.74. The first-order chi connectivity index (χ1) is 8.41. The Labute approximate surface area is 110 Å². The molecule has 4 nitrogen and oxygen atoms in total. The van der Waals surface area contributed by atoms with Crippen LogP contribution < -0.4 is 10.5 Å². The quantitative estimate of drug-likeness (QED) is 0.928. The number of hydrogen-bond acceptors (Lipinski definition) is 3. The van der Waals surface area contributed by atoms with Crippen molar-refractivity contribution in [2.24, 2.45) is 5.73 Å². The Balaban J connectivity index is 2.75. The third-order valence-electron chi connectivity index (χ3n) is 2.58. The Kier molecular flexibility index (Phi) is 3.22. The number of primary amides is 1. The minimum atomic E-state index is -0.602. The molecule has 0 spiro atoms. The van der Waals surface area contributed by atoms with Gasteiger partial charge in [-0.3, -0.25) is 4.79 Å². The van der Waals surface area contributed by atoms with Gasteiger partial charge >= 0.3 is 0 Å². The third kappa shape index (κ3) is 2.04. The van der Waals surface area contributed by atoms with Crippen molar-refractivity contribution >= 4 is 28.5 Å². The van der Waals surface area contributed by atoms with Crippen LogP contribution in [-0.4, -0.2) is 12.0 Å². The number of hydrogen-bond donors (Lipinski definition) is 1. The molecule has 0 fully saturated rings. The molecule has 0 radical (unpaired) electrons. The van der Waals surface area contributed by atoms with E-state index in [-0.39, 0.29) is 11.9 Å². The van der Waals surface area contributed by atoms with Crippen LogP contribution in [0.25, 0.3) is 11.0 Å². The summed E-state index contributed by atoms with van der Waals surface area (Å²) in [6.45, 7) is 5.56. The van der Waals surface area contributed by atoms with Gasteiger partial charge in [-0.2, -0.15) is 0 Å². The van der Waals surface area contributed by atoms with E-state index in [1.165, 1.54) is 0 Å². The summed E-state index contributed by atoms with van der Waals surface area (Å²) in [5.41, 5.74) is 6.45. The molecule has 2 N–H and O–H groups in total. The molecule has 0 aliphatic carbocycles. The smallest absolute Gasteiger partial charge is 0.284 e. The highest BCUT2D eigenvalue weighted by molar-refractivity contribution is 6.33. The Hall–Kier alpha value is -1.68. The van der Waals surface area contributed by atoms with Crippen LogP contribution in [0.5, 0.6) is 5.75 Å². The molecular weight excluding hydrogens is 254 g/mol. The molecule has 18 heavy (non-hydrogen) atoms. The zero-order valence-corrected chi connectivity index (χ0v) is 11.2. The van der Waals surface area contributed by atoms with Gasteiger partial charge in [-0.25, -0.2) is 0 Å². The van der Waals surface area contributed by atoms with Crippen molar-refractivity contribution in [3.63, 3.8) is 0 Å². The van der Waals surface area contributed by atoms with Crippen LogP contribution in [0.3, 0.4) is 0 Å². The molecule has 0 saturated heterocycles. The van der Waals surface area contributed by atoms with Crippen LogP contribution >= 0.6 is 11.6 Å². The Morgan fingerprint density at radius 3 is 2.67 bits per heavy atom. The monoisotopic (exact) mass is 267 g/mol. The van der Waals surface area contributed by atoms with E-state index < -0.39 is 5.91 Å². The van der Waals surface area contributed by atoms with Crippen molar-refractivity contribution in [2.45, 2.75) is 26.9 Å². The van der Waals surface area contributed by atoms with Gasteiger partial charge in [-0.1, -0.05) is 11.6 Å². The summed E-state index contributed by atoms with van der Waals surface area (Å²) in [7, 11) is 0. The fourth-order valence-electron chi connectivity index (χ4n) is 1.87. The van der Waals surface area contributed by atoms with Crippen molar-refractivity contribution in [1.82, 2.24) is 0 Å². The van der Waals surface area contributed by atoms with Crippen LogP contribution in [0.2, 0.25) is 5.02 Å². The molecule has 2 rings (SSSR count). The minimum absolute atomic E-state index is 0.0283. The number of benzene rings is 1. The molecule has 5 heteroatoms. The van der Waals surface area contributed by atoms with E-state index in [0.717, 1.165) is 0 Å². The SMILES string of the molecule is Cc1c(C(N)=O)oc2ccc(Cl)c(OC(C)C)c12. The third-order valence-corrected chi connectivity index (χ3v) is 2.87. The van der Waals surface area contributed by atoms with Crippen molar-refractivity contribution < 1.29 is 13.9 Å². The Morgan fingerprint density at radius 1 is 1.44 bits per heavy atom. The summed E-state index contributed by atoms with van der Waals surface area (Å²) >= 11 is 6.13. The lowest BCUT2D eigenvalue weighted by molar-refractivity contribution is 0.0975. The molecule has 0 unspecified atom stereocenters. The van der Waals surface area contributed by atoms with E-state index >= 15 is 0 Å². The lowest BCUT2D eigenvalue weighted by atomic mass is 10.1. The van der Waals surface area contributed by atoms with E-state index in [2.05, 4.69) is 0 Å². The maximum atomic E-state index is 11.3. The van der Waals surface area contributed by atoms with E-state index in [4.69, 9.17) is 26.5 Å². The molecule has 1 aromatic carbocycles. The van der Waals surface area contributed by atoms with Gasteiger partial charge in [-0.05, 0) is 32.9 Å². The van der Waals surface area contributed by atoms with Gasteiger partial charge in [0.25, 0.3) is 5.91 Å². The molecule has 0 saturated carbocycles. The number of rotatable bonds is 3. The second kappa shape index (κ2) is 4.53. The van der Waals surface area contributed by atoms with Crippen molar-refractivity contribution in [3.8, 4) is 5.75 Å². The number of carbonyl (C=O) groups is 1. The van der Waals surface area contributed by atoms with Crippen LogP contribution in [0.15, 0.2) is 16.5 Å². The van der Waals surface area contributed by atoms with E-state index in [1.54, 1.807) is 19.1 Å². The second-order valence-electron chi connectivity index (χ2n) is 4.34. The molecule has 0 bridgehead atoms. The summed E-state index contributed by atoms with van der Waals surface area (Å²) in [5.74, 6) is 0.0640. The van der Waals surface area contributed by atoms with Crippen LogP contribution in [0.1, 0.15) is 30.0 Å². The fraction of sp³-hybridized carbons (Fsp3) is 0.308. The average molecular weight is 268 g/mol. The van der Waals surface area contributed by atoms with Gasteiger partial charge < -0.3 is 14.9 Å². The van der Waals surface area contributed by atoms with Gasteiger partial charge in [-0.15, -0.1) is 0 Å². The summed E-state index contributed by atoms with van der Waals surface area (Å²) in [4.78, 5) is 11.3. The number of halogens is 1. The lowest BCUT2D eigenvalue weighted by Crippen LogP contribution is -2.11. The maximum Gasteiger partial charge on any atom is 0.284 e. The first-order valence-corrected chi connectivity index (χ1v) is 5.97. The predicted molar refractivity (Wildman–Crippen MR) is 70.2 cm³/mol. The molecular formula is C13H14ClNO3. The van der Waals surface area contributed by atoms with Gasteiger partial charge in [0.05, 0.1) is 16.5 Å². The van der Waals surface area contributed by atoms with Crippen molar-refractivity contribution in [2.75, 3.05) is 0 Å². The van der Waals surface area contributed by atoms with Gasteiger partial charge in [0.1, 0.15) is 11.3 Å². The first kappa shape index (κ1) is 12.8. The average Bonchev–Trinajstić information content (AvgIpc) is 2.60. The van der Waals surface area contributed by atoms with Gasteiger partial charge in [0, 0.05) is 5.56 Å². The minimum Gasteiger partial charge on any atom is -0.489 e. The van der Waals surface area contributed by atoms with Gasteiger partial charge in [0.15, 0.2) is 5.76 Å². The topological polar surface area (TPSA) is 65.5 Å². The van der Waals surface area contributed by atoms with E-state index in [1.807, 2.05) is 13.8 Å². The Bertz CT molecular complexity index is 616. The number of ether oxygens (including phenoxy) is 1. The highest BCUT2D eigenvalue weighted by Crippen LogP contribution is 2.38. The molecule has 2 aromatic rings. The highest BCUT2D eigenvalue weighted by atomic mass is 35.5. The van der Waals surface area contributed by atoms with Crippen LogP contribution in [0.4, 0.5) is 0 Å². The normalized spacial score (nSPS) is 11.2. The summed E-state index contributed by atoms with van der Waals surface area (Å²) in [6, 6.07) is 3.37. The standard InChI is InChI=1S/C13H14ClNO3/c1-6(2)17-12-8(14)4-5-9-10(12)7(3)11(18-9)13(15)16/h4-6H,1-3H3,(H2,15,16). The van der Waals surface area contributed by atoms with Crippen LogP contribution in [-0.2, 0) is 0 Å². The fourth-order valence-corrected chi connectivity index (χ4v) is 2.07. The molecule has 1 heterocycles. The van der Waals surface area contributed by atoms with E-state index in [0.29, 0.717) is 27.3 Å². The first-order valence-electron chi connectivity index (χ1n) is 5.60. The maximum absolute atomic E-state index is 11.3. The largest absolute Gasteiger partial charge is 0.489 e. The summed E-state index contributed by atoms with van der Waals surface area (Å²) in [6.07, 6.45) is -0.0283. The lowest BCUT2D eigenvalue weighted by Gasteiger charge is -2.12. The predicted octanol–water partition coefficient (Wildman–Crippen LogP) is 3.28. The number of fused-ring (bicyclic) bond motifs is 1. The number of amides is 1. The summed E-state index contributed by atoms with van der Waals surface area (Å²) in [5, 5.41) is 1.18. The van der Waals surface area contributed by atoms with Crippen molar-refractivity contribution in [3.05, 3.63) is 28.5 Å². The van der Waals surface area contributed by atoms with Crippen LogP contribution in [0, 0.1) is 6.92 Å². The number of carbonyl (C=O) groups excluding carboxylic acids is 1. The molecule has 96 valence electrons. The summed E-state index contributed by atoms with van der Waals surface area (Å²) < 4.78 is 11.1. The number of furan rings is 1. The zero-order chi connectivity index (χ0) is 13.4. The molecule has 1 amide bonds. The molecule has 0 aliphatic rings. The molecule has 0 atom stereocenters. The zero-order valence-electron chi connectivity index (χ0n) is 10.4. The van der Waals surface area contributed by atoms with Crippen molar-refractivity contribution in [1.29, 1.82) is 0 Å². The van der Waals surface area contributed by atoms with Gasteiger partial charge in [0.2, 0.25) is 0 Å². The number of aryl methyl sites for hydroxylation is 1. The highest BCUT2D eigenvalue weighted by Gasteiger charge is 2.20.